The Balaban J connectivity index is 1.60. The Morgan fingerprint density at radius 3 is 2.85 bits per heavy atom. The van der Waals surface area contributed by atoms with Crippen LogP contribution in [0, 0.1) is 0 Å². The van der Waals surface area contributed by atoms with E-state index in [9.17, 15) is 9.59 Å². The van der Waals surface area contributed by atoms with Gasteiger partial charge in [0.15, 0.2) is 0 Å². The number of hydrogen-bond acceptors (Lipinski definition) is 5. The van der Waals surface area contributed by atoms with Crippen molar-refractivity contribution in [3.8, 4) is 0 Å². The second kappa shape index (κ2) is 9.27. The van der Waals surface area contributed by atoms with Gasteiger partial charge in [0.25, 0.3) is 0 Å². The third kappa shape index (κ3) is 5.62. The van der Waals surface area contributed by atoms with Crippen LogP contribution in [-0.4, -0.2) is 68.8 Å². The molecule has 27 heavy (non-hydrogen) atoms. The van der Waals surface area contributed by atoms with Crippen molar-refractivity contribution >= 4 is 11.8 Å². The third-order valence-electron chi connectivity index (χ3n) is 4.67. The molecule has 0 saturated carbocycles. The van der Waals surface area contributed by atoms with Crippen LogP contribution in [0.25, 0.3) is 0 Å². The monoisotopic (exact) mass is 370 g/mol. The van der Waals surface area contributed by atoms with Crippen molar-refractivity contribution in [1.82, 2.24) is 30.1 Å². The SMILES string of the molecule is CC(=O)N[C@@H](Cc1cnc[nH]1)C(=O)N1CCCN(Cc2ccccn2)CC1. The lowest BCUT2D eigenvalue weighted by atomic mass is 10.1. The number of carbonyl (C=O) groups excluding carboxylic acids is 2. The van der Waals surface area contributed by atoms with E-state index in [1.165, 1.54) is 6.92 Å². The van der Waals surface area contributed by atoms with Gasteiger partial charge in [-0.15, -0.1) is 0 Å². The van der Waals surface area contributed by atoms with Crippen LogP contribution in [0.5, 0.6) is 0 Å². The Hall–Kier alpha value is -2.74. The molecule has 1 fully saturated rings. The lowest BCUT2D eigenvalue weighted by Crippen LogP contribution is -2.50. The number of aromatic nitrogens is 3. The van der Waals surface area contributed by atoms with Crippen LogP contribution in [0.4, 0.5) is 0 Å². The molecule has 8 heteroatoms. The third-order valence-corrected chi connectivity index (χ3v) is 4.67. The normalized spacial score (nSPS) is 16.6. The maximum Gasteiger partial charge on any atom is 0.245 e. The fourth-order valence-electron chi connectivity index (χ4n) is 3.35. The van der Waals surface area contributed by atoms with E-state index in [1.54, 1.807) is 18.7 Å². The van der Waals surface area contributed by atoms with Crippen LogP contribution in [0.1, 0.15) is 24.7 Å². The van der Waals surface area contributed by atoms with Gasteiger partial charge in [-0.1, -0.05) is 6.07 Å². The second-order valence-electron chi connectivity index (χ2n) is 6.81. The molecule has 3 rings (SSSR count). The Labute approximate surface area is 159 Å². The van der Waals surface area contributed by atoms with Crippen molar-refractivity contribution in [2.24, 2.45) is 0 Å². The van der Waals surface area contributed by atoms with Crippen molar-refractivity contribution in [3.05, 3.63) is 48.3 Å². The van der Waals surface area contributed by atoms with Crippen LogP contribution >= 0.6 is 0 Å². The first kappa shape index (κ1) is 19.0. The standard InChI is InChI=1S/C19H26N6O2/c1-15(26)23-18(11-17-12-20-14-22-17)19(27)25-8-4-7-24(9-10-25)13-16-5-2-3-6-21-16/h2-3,5-6,12,14,18H,4,7-11,13H2,1H3,(H,20,22)(H,23,26)/t18-/m0/s1. The lowest BCUT2D eigenvalue weighted by molar-refractivity contribution is -0.136. The quantitative estimate of drug-likeness (QED) is 0.776. The number of amides is 2. The highest BCUT2D eigenvalue weighted by Gasteiger charge is 2.27. The molecular formula is C19H26N6O2. The molecule has 2 amide bonds. The Kier molecular flexibility index (Phi) is 6.54. The molecule has 0 spiro atoms. The largest absolute Gasteiger partial charge is 0.348 e. The van der Waals surface area contributed by atoms with E-state index < -0.39 is 6.04 Å². The highest BCUT2D eigenvalue weighted by atomic mass is 16.2. The van der Waals surface area contributed by atoms with Gasteiger partial charge in [0.2, 0.25) is 11.8 Å². The molecule has 8 nitrogen and oxygen atoms in total. The zero-order chi connectivity index (χ0) is 19.1. The van der Waals surface area contributed by atoms with Gasteiger partial charge in [0.05, 0.1) is 12.0 Å². The first-order valence-corrected chi connectivity index (χ1v) is 9.27. The number of nitrogens with one attached hydrogen (secondary N) is 2. The molecular weight excluding hydrogens is 344 g/mol. The predicted molar refractivity (Wildman–Crippen MR) is 101 cm³/mol. The number of carbonyl (C=O) groups is 2. The van der Waals surface area contributed by atoms with Crippen molar-refractivity contribution in [1.29, 1.82) is 0 Å². The highest BCUT2D eigenvalue weighted by molar-refractivity contribution is 5.87. The minimum Gasteiger partial charge on any atom is -0.348 e. The fraction of sp³-hybridized carbons (Fsp3) is 0.474. The van der Waals surface area contributed by atoms with Gasteiger partial charge in [0, 0.05) is 64.2 Å². The maximum atomic E-state index is 13.0. The number of H-pyrrole nitrogens is 1. The molecule has 0 radical (unpaired) electrons. The zero-order valence-electron chi connectivity index (χ0n) is 15.6. The lowest BCUT2D eigenvalue weighted by Gasteiger charge is -2.26. The van der Waals surface area contributed by atoms with Crippen molar-refractivity contribution in [2.45, 2.75) is 32.4 Å². The average molecular weight is 370 g/mol. The average Bonchev–Trinajstić information content (AvgIpc) is 3.06. The molecule has 1 aliphatic heterocycles. The van der Waals surface area contributed by atoms with Crippen LogP contribution in [0.3, 0.4) is 0 Å². The molecule has 1 aliphatic rings. The molecule has 0 unspecified atom stereocenters. The molecule has 0 aromatic carbocycles. The van der Waals surface area contributed by atoms with E-state index >= 15 is 0 Å². The van der Waals surface area contributed by atoms with Crippen molar-refractivity contribution in [2.75, 3.05) is 26.2 Å². The molecule has 0 aliphatic carbocycles. The van der Waals surface area contributed by atoms with Gasteiger partial charge in [-0.2, -0.15) is 0 Å². The predicted octanol–water partition coefficient (Wildman–Crippen LogP) is 0.586. The number of imidazole rings is 1. The summed E-state index contributed by atoms with van der Waals surface area (Å²) < 4.78 is 0. The fourth-order valence-corrected chi connectivity index (χ4v) is 3.35. The summed E-state index contributed by atoms with van der Waals surface area (Å²) >= 11 is 0. The Bertz CT molecular complexity index is 734. The molecule has 2 N–H and O–H groups in total. The number of pyridine rings is 1. The van der Waals surface area contributed by atoms with E-state index in [0.717, 1.165) is 37.4 Å². The summed E-state index contributed by atoms with van der Waals surface area (Å²) in [5, 5.41) is 2.79. The summed E-state index contributed by atoms with van der Waals surface area (Å²) in [4.78, 5) is 40.1. The smallest absolute Gasteiger partial charge is 0.245 e. The van der Waals surface area contributed by atoms with Gasteiger partial charge in [-0.25, -0.2) is 4.98 Å². The van der Waals surface area contributed by atoms with E-state index in [2.05, 4.69) is 25.2 Å². The molecule has 1 atom stereocenters. The first-order valence-electron chi connectivity index (χ1n) is 9.27. The summed E-state index contributed by atoms with van der Waals surface area (Å²) in [5.74, 6) is -0.251. The Morgan fingerprint density at radius 1 is 1.26 bits per heavy atom. The molecule has 2 aromatic rings. The summed E-state index contributed by atoms with van der Waals surface area (Å²) in [6.45, 7) is 5.27. The molecule has 3 heterocycles. The molecule has 144 valence electrons. The molecule has 0 bridgehead atoms. The maximum absolute atomic E-state index is 13.0. The zero-order valence-corrected chi connectivity index (χ0v) is 15.6. The van der Waals surface area contributed by atoms with Crippen LogP contribution in [0.15, 0.2) is 36.9 Å². The van der Waals surface area contributed by atoms with Gasteiger partial charge in [0.1, 0.15) is 6.04 Å². The summed E-state index contributed by atoms with van der Waals surface area (Å²) in [6.07, 6.45) is 6.36. The van der Waals surface area contributed by atoms with Crippen LogP contribution in [-0.2, 0) is 22.6 Å². The van der Waals surface area contributed by atoms with Crippen LogP contribution in [0.2, 0.25) is 0 Å². The molecule has 2 aromatic heterocycles. The number of rotatable bonds is 6. The van der Waals surface area contributed by atoms with Gasteiger partial charge in [-0.05, 0) is 18.6 Å². The topological polar surface area (TPSA) is 94.2 Å². The number of hydrogen-bond donors (Lipinski definition) is 2. The first-order chi connectivity index (χ1) is 13.1. The van der Waals surface area contributed by atoms with Gasteiger partial charge < -0.3 is 15.2 Å². The Morgan fingerprint density at radius 2 is 2.15 bits per heavy atom. The number of nitrogens with zero attached hydrogens (tertiary/aromatic N) is 4. The minimum atomic E-state index is -0.578. The van der Waals surface area contributed by atoms with E-state index in [-0.39, 0.29) is 11.8 Å². The van der Waals surface area contributed by atoms with Crippen LogP contribution < -0.4 is 5.32 Å². The second-order valence-corrected chi connectivity index (χ2v) is 6.81. The van der Waals surface area contributed by atoms with Gasteiger partial charge >= 0.3 is 0 Å². The molecule has 1 saturated heterocycles. The van der Waals surface area contributed by atoms with Crippen molar-refractivity contribution < 1.29 is 9.59 Å². The van der Waals surface area contributed by atoms with E-state index in [4.69, 9.17) is 0 Å². The summed E-state index contributed by atoms with van der Waals surface area (Å²) in [5.41, 5.74) is 1.86. The summed E-state index contributed by atoms with van der Waals surface area (Å²) in [6, 6.07) is 5.34. The minimum absolute atomic E-state index is 0.0421. The van der Waals surface area contributed by atoms with Gasteiger partial charge in [-0.3, -0.25) is 19.5 Å². The summed E-state index contributed by atoms with van der Waals surface area (Å²) in [7, 11) is 0. The van der Waals surface area contributed by atoms with E-state index in [0.29, 0.717) is 19.5 Å². The number of aromatic amines is 1. The highest BCUT2D eigenvalue weighted by Crippen LogP contribution is 2.10. The van der Waals surface area contributed by atoms with E-state index in [1.807, 2.05) is 23.1 Å². The van der Waals surface area contributed by atoms with Crippen molar-refractivity contribution in [3.63, 3.8) is 0 Å².